The molecule has 1 aliphatic rings. The third-order valence-corrected chi connectivity index (χ3v) is 2.92. The summed E-state index contributed by atoms with van der Waals surface area (Å²) in [6.07, 6.45) is 3.64. The molecule has 1 fully saturated rings. The summed E-state index contributed by atoms with van der Waals surface area (Å²) in [6.45, 7) is 4.14. The smallest absolute Gasteiger partial charge is 0.129 e. The molecule has 4 nitrogen and oxygen atoms in total. The maximum atomic E-state index is 4.66. The third kappa shape index (κ3) is 1.72. The summed E-state index contributed by atoms with van der Waals surface area (Å²) in [7, 11) is 0. The van der Waals surface area contributed by atoms with Crippen molar-refractivity contribution in [3.63, 3.8) is 0 Å². The second-order valence-electron chi connectivity index (χ2n) is 3.97. The molecule has 1 saturated heterocycles. The van der Waals surface area contributed by atoms with Crippen LogP contribution in [0, 0.1) is 0 Å². The van der Waals surface area contributed by atoms with E-state index in [9.17, 15) is 0 Å². The van der Waals surface area contributed by atoms with Gasteiger partial charge in [0, 0.05) is 44.0 Å². The van der Waals surface area contributed by atoms with Crippen LogP contribution in [0.1, 0.15) is 0 Å². The lowest BCUT2D eigenvalue weighted by Crippen LogP contribution is -2.43. The zero-order valence-corrected chi connectivity index (χ0v) is 9.06. The van der Waals surface area contributed by atoms with Gasteiger partial charge in [0.15, 0.2) is 0 Å². The minimum Gasteiger partial charge on any atom is -0.354 e. The summed E-state index contributed by atoms with van der Waals surface area (Å²) in [5, 5.41) is 4.44. The lowest BCUT2D eigenvalue weighted by Gasteiger charge is -2.28. The quantitative estimate of drug-likeness (QED) is 0.770. The standard InChI is InChI=1S/C12H14N4/c1-2-12(16-7-5-13-6-8-16)15-11-3-4-14-9-10(1)11/h1-4,9,13H,5-8H2. The first-order valence-electron chi connectivity index (χ1n) is 5.60. The number of pyridine rings is 2. The second kappa shape index (κ2) is 4.06. The lowest BCUT2D eigenvalue weighted by molar-refractivity contribution is 0.585. The second-order valence-corrected chi connectivity index (χ2v) is 3.97. The normalized spacial score (nSPS) is 16.6. The van der Waals surface area contributed by atoms with Gasteiger partial charge in [-0.25, -0.2) is 4.98 Å². The number of nitrogens with one attached hydrogen (secondary N) is 1. The maximum Gasteiger partial charge on any atom is 0.129 e. The Bertz CT molecular complexity index is 491. The Kier molecular flexibility index (Phi) is 2.42. The van der Waals surface area contributed by atoms with Crippen molar-refractivity contribution in [2.24, 2.45) is 0 Å². The molecule has 3 rings (SSSR count). The molecule has 0 spiro atoms. The Morgan fingerprint density at radius 2 is 2.00 bits per heavy atom. The van der Waals surface area contributed by atoms with Crippen molar-refractivity contribution < 1.29 is 0 Å². The van der Waals surface area contributed by atoms with Crippen molar-refractivity contribution >= 4 is 16.7 Å². The Hall–Kier alpha value is -1.68. The van der Waals surface area contributed by atoms with Crippen LogP contribution in [-0.2, 0) is 0 Å². The highest BCUT2D eigenvalue weighted by Gasteiger charge is 2.11. The van der Waals surface area contributed by atoms with Crippen LogP contribution >= 0.6 is 0 Å². The number of piperazine rings is 1. The fourth-order valence-corrected chi connectivity index (χ4v) is 2.02. The minimum atomic E-state index is 1.02. The van der Waals surface area contributed by atoms with E-state index < -0.39 is 0 Å². The molecular weight excluding hydrogens is 200 g/mol. The van der Waals surface area contributed by atoms with E-state index in [0.717, 1.165) is 42.9 Å². The van der Waals surface area contributed by atoms with Gasteiger partial charge in [-0.2, -0.15) is 0 Å². The van der Waals surface area contributed by atoms with E-state index in [1.165, 1.54) is 0 Å². The molecular formula is C12H14N4. The van der Waals surface area contributed by atoms with Gasteiger partial charge < -0.3 is 10.2 Å². The van der Waals surface area contributed by atoms with Crippen LogP contribution in [0.2, 0.25) is 0 Å². The monoisotopic (exact) mass is 214 g/mol. The van der Waals surface area contributed by atoms with Gasteiger partial charge in [-0.15, -0.1) is 0 Å². The summed E-state index contributed by atoms with van der Waals surface area (Å²) < 4.78 is 0. The highest BCUT2D eigenvalue weighted by Crippen LogP contribution is 2.17. The molecule has 0 radical (unpaired) electrons. The number of aromatic nitrogens is 2. The van der Waals surface area contributed by atoms with Crippen LogP contribution in [0.5, 0.6) is 0 Å². The predicted octanol–water partition coefficient (Wildman–Crippen LogP) is 1.04. The van der Waals surface area contributed by atoms with Crippen LogP contribution in [0.25, 0.3) is 10.9 Å². The summed E-state index contributed by atoms with van der Waals surface area (Å²) in [4.78, 5) is 11.1. The summed E-state index contributed by atoms with van der Waals surface area (Å²) in [5.74, 6) is 1.07. The Morgan fingerprint density at radius 3 is 2.88 bits per heavy atom. The first-order chi connectivity index (χ1) is 7.93. The van der Waals surface area contributed by atoms with E-state index in [2.05, 4.69) is 32.3 Å². The fourth-order valence-electron chi connectivity index (χ4n) is 2.02. The van der Waals surface area contributed by atoms with Gasteiger partial charge in [0.05, 0.1) is 5.52 Å². The highest BCUT2D eigenvalue weighted by molar-refractivity contribution is 5.79. The average Bonchev–Trinajstić information content (AvgIpc) is 2.39. The van der Waals surface area contributed by atoms with Crippen LogP contribution in [-0.4, -0.2) is 36.1 Å². The Balaban J connectivity index is 1.97. The van der Waals surface area contributed by atoms with Crippen molar-refractivity contribution in [2.45, 2.75) is 0 Å². The Morgan fingerprint density at radius 1 is 1.12 bits per heavy atom. The van der Waals surface area contributed by atoms with E-state index in [0.29, 0.717) is 0 Å². The van der Waals surface area contributed by atoms with E-state index in [1.54, 1.807) is 6.20 Å². The topological polar surface area (TPSA) is 41.1 Å². The zero-order valence-electron chi connectivity index (χ0n) is 9.06. The van der Waals surface area contributed by atoms with Gasteiger partial charge in [0.2, 0.25) is 0 Å². The molecule has 0 atom stereocenters. The molecule has 0 unspecified atom stereocenters. The van der Waals surface area contributed by atoms with Crippen molar-refractivity contribution in [2.75, 3.05) is 31.1 Å². The molecule has 2 aromatic rings. The zero-order chi connectivity index (χ0) is 10.8. The summed E-state index contributed by atoms with van der Waals surface area (Å²) in [5.41, 5.74) is 1.02. The largest absolute Gasteiger partial charge is 0.354 e. The van der Waals surface area contributed by atoms with Crippen molar-refractivity contribution in [3.8, 4) is 0 Å². The van der Waals surface area contributed by atoms with Crippen molar-refractivity contribution in [1.29, 1.82) is 0 Å². The summed E-state index contributed by atoms with van der Waals surface area (Å²) >= 11 is 0. The van der Waals surface area contributed by atoms with Gasteiger partial charge in [-0.05, 0) is 18.2 Å². The first kappa shape index (κ1) is 9.54. The third-order valence-electron chi connectivity index (χ3n) is 2.92. The maximum absolute atomic E-state index is 4.66. The minimum absolute atomic E-state index is 1.02. The predicted molar refractivity (Wildman–Crippen MR) is 64.6 cm³/mol. The van der Waals surface area contributed by atoms with Crippen LogP contribution in [0.4, 0.5) is 5.82 Å². The van der Waals surface area contributed by atoms with E-state index in [1.807, 2.05) is 12.3 Å². The first-order valence-corrected chi connectivity index (χ1v) is 5.60. The molecule has 0 aromatic carbocycles. The van der Waals surface area contributed by atoms with Crippen LogP contribution in [0.3, 0.4) is 0 Å². The molecule has 0 saturated carbocycles. The molecule has 3 heterocycles. The number of hydrogen-bond donors (Lipinski definition) is 1. The average molecular weight is 214 g/mol. The van der Waals surface area contributed by atoms with Crippen molar-refractivity contribution in [3.05, 3.63) is 30.6 Å². The van der Waals surface area contributed by atoms with Crippen LogP contribution in [0.15, 0.2) is 30.6 Å². The lowest BCUT2D eigenvalue weighted by atomic mass is 10.2. The van der Waals surface area contributed by atoms with Gasteiger partial charge in [-0.3, -0.25) is 4.98 Å². The highest BCUT2D eigenvalue weighted by atomic mass is 15.2. The van der Waals surface area contributed by atoms with Gasteiger partial charge in [0.25, 0.3) is 0 Å². The molecule has 0 amide bonds. The fraction of sp³-hybridized carbons (Fsp3) is 0.333. The van der Waals surface area contributed by atoms with Gasteiger partial charge in [0.1, 0.15) is 5.82 Å². The molecule has 0 bridgehead atoms. The van der Waals surface area contributed by atoms with E-state index in [4.69, 9.17) is 0 Å². The van der Waals surface area contributed by atoms with Crippen molar-refractivity contribution in [1.82, 2.24) is 15.3 Å². The number of nitrogens with zero attached hydrogens (tertiary/aromatic N) is 3. The van der Waals surface area contributed by atoms with E-state index >= 15 is 0 Å². The number of hydrogen-bond acceptors (Lipinski definition) is 4. The number of rotatable bonds is 1. The van der Waals surface area contributed by atoms with Gasteiger partial charge in [-0.1, -0.05) is 0 Å². The molecule has 0 aliphatic carbocycles. The SMILES string of the molecule is c1cc2nc(N3CCNCC3)ccc2cn1. The molecule has 1 aliphatic heterocycles. The molecule has 82 valence electrons. The molecule has 4 heteroatoms. The van der Waals surface area contributed by atoms with Gasteiger partial charge >= 0.3 is 0 Å². The number of fused-ring (bicyclic) bond motifs is 1. The van der Waals surface area contributed by atoms with Crippen LogP contribution < -0.4 is 10.2 Å². The molecule has 1 N–H and O–H groups in total. The summed E-state index contributed by atoms with van der Waals surface area (Å²) in [6, 6.07) is 6.13. The van der Waals surface area contributed by atoms with E-state index in [-0.39, 0.29) is 0 Å². The number of anilines is 1. The Labute approximate surface area is 94.3 Å². The molecule has 2 aromatic heterocycles. The molecule has 16 heavy (non-hydrogen) atoms.